The Kier molecular flexibility index (Phi) is 5.43. The number of carbonyl (C=O) groups excluding carboxylic acids is 1. The summed E-state index contributed by atoms with van der Waals surface area (Å²) in [6.45, 7) is 5.55. The molecule has 0 bridgehead atoms. The van der Waals surface area contributed by atoms with Crippen molar-refractivity contribution in [1.82, 2.24) is 21.3 Å². The van der Waals surface area contributed by atoms with Gasteiger partial charge in [-0.1, -0.05) is 42.5 Å². The highest BCUT2D eigenvalue weighted by Crippen LogP contribution is 2.23. The molecule has 2 aromatic carbocycles. The standard InChI is InChI=1S/C22H27N5O/c1-15-8-9-19(14-16(15)2)23-21-20(24-26-25-21)22(28)27-12-10-18(11-13-27)17-6-4-3-5-7-17/h3-10,14,20-21,23-26H,11-13H2,1-2H3. The molecule has 2 atom stereocenters. The summed E-state index contributed by atoms with van der Waals surface area (Å²) < 4.78 is 0. The zero-order valence-electron chi connectivity index (χ0n) is 16.3. The molecule has 2 aliphatic rings. The fourth-order valence-electron chi connectivity index (χ4n) is 3.68. The van der Waals surface area contributed by atoms with Gasteiger partial charge in [0.05, 0.1) is 0 Å². The van der Waals surface area contributed by atoms with Gasteiger partial charge >= 0.3 is 0 Å². The number of nitrogens with one attached hydrogen (secondary N) is 4. The van der Waals surface area contributed by atoms with E-state index in [1.807, 2.05) is 17.0 Å². The van der Waals surface area contributed by atoms with Gasteiger partial charge in [0.15, 0.2) is 0 Å². The molecule has 0 radical (unpaired) electrons. The highest BCUT2D eigenvalue weighted by molar-refractivity contribution is 5.84. The lowest BCUT2D eigenvalue weighted by atomic mass is 9.99. The van der Waals surface area contributed by atoms with E-state index in [2.05, 4.69) is 78.0 Å². The van der Waals surface area contributed by atoms with Crippen molar-refractivity contribution in [1.29, 1.82) is 0 Å². The van der Waals surface area contributed by atoms with Gasteiger partial charge in [-0.25, -0.2) is 10.9 Å². The van der Waals surface area contributed by atoms with Crippen LogP contribution in [0.25, 0.3) is 5.57 Å². The SMILES string of the molecule is Cc1ccc(NC2NNNC2C(=O)N2CC=C(c3ccccc3)CC2)cc1C. The fourth-order valence-corrected chi connectivity index (χ4v) is 3.68. The van der Waals surface area contributed by atoms with E-state index in [1.54, 1.807) is 0 Å². The monoisotopic (exact) mass is 377 g/mol. The molecule has 0 aliphatic carbocycles. The van der Waals surface area contributed by atoms with Crippen molar-refractivity contribution in [3.05, 3.63) is 71.3 Å². The van der Waals surface area contributed by atoms with E-state index in [1.165, 1.54) is 22.3 Å². The maximum absolute atomic E-state index is 13.1. The van der Waals surface area contributed by atoms with Crippen LogP contribution in [0.1, 0.15) is 23.1 Å². The first-order chi connectivity index (χ1) is 13.6. The molecule has 0 spiro atoms. The molecule has 2 heterocycles. The summed E-state index contributed by atoms with van der Waals surface area (Å²) in [6.07, 6.45) is 2.81. The van der Waals surface area contributed by atoms with Crippen molar-refractivity contribution < 1.29 is 4.79 Å². The zero-order valence-corrected chi connectivity index (χ0v) is 16.3. The van der Waals surface area contributed by atoms with Crippen LogP contribution in [0.15, 0.2) is 54.6 Å². The summed E-state index contributed by atoms with van der Waals surface area (Å²) in [5.74, 6) is 0.0854. The molecule has 2 aromatic rings. The number of hydrogen-bond donors (Lipinski definition) is 4. The van der Waals surface area contributed by atoms with Crippen molar-refractivity contribution in [2.24, 2.45) is 0 Å². The Hall–Kier alpha value is -2.67. The van der Waals surface area contributed by atoms with Gasteiger partial charge in [-0.3, -0.25) is 4.79 Å². The van der Waals surface area contributed by atoms with Crippen LogP contribution >= 0.6 is 0 Å². The van der Waals surface area contributed by atoms with Gasteiger partial charge in [-0.15, -0.1) is 0 Å². The van der Waals surface area contributed by atoms with Gasteiger partial charge in [-0.05, 0) is 54.7 Å². The summed E-state index contributed by atoms with van der Waals surface area (Å²) >= 11 is 0. The number of hydrogen-bond acceptors (Lipinski definition) is 5. The van der Waals surface area contributed by atoms with Gasteiger partial charge in [0.25, 0.3) is 0 Å². The smallest absolute Gasteiger partial charge is 0.244 e. The van der Waals surface area contributed by atoms with Crippen LogP contribution in [0.3, 0.4) is 0 Å². The Balaban J connectivity index is 1.41. The molecule has 28 heavy (non-hydrogen) atoms. The van der Waals surface area contributed by atoms with Crippen molar-refractivity contribution in [2.75, 3.05) is 18.4 Å². The van der Waals surface area contributed by atoms with Gasteiger partial charge in [0.2, 0.25) is 5.91 Å². The van der Waals surface area contributed by atoms with Gasteiger partial charge in [0, 0.05) is 18.8 Å². The third-order valence-corrected chi connectivity index (χ3v) is 5.55. The lowest BCUT2D eigenvalue weighted by Crippen LogP contribution is -2.52. The molecule has 1 fully saturated rings. The second-order valence-electron chi connectivity index (χ2n) is 7.44. The van der Waals surface area contributed by atoms with Crippen molar-refractivity contribution >= 4 is 17.2 Å². The molecule has 0 saturated carbocycles. The lowest BCUT2D eigenvalue weighted by Gasteiger charge is -2.30. The predicted molar refractivity (Wildman–Crippen MR) is 112 cm³/mol. The Morgan fingerprint density at radius 3 is 2.61 bits per heavy atom. The molecular weight excluding hydrogens is 350 g/mol. The third kappa shape index (κ3) is 3.94. The summed E-state index contributed by atoms with van der Waals surface area (Å²) in [4.78, 5) is 15.0. The van der Waals surface area contributed by atoms with Crippen molar-refractivity contribution in [3.63, 3.8) is 0 Å². The number of aryl methyl sites for hydroxylation is 2. The maximum atomic E-state index is 13.1. The predicted octanol–water partition coefficient (Wildman–Crippen LogP) is 2.34. The van der Waals surface area contributed by atoms with Crippen LogP contribution < -0.4 is 21.7 Å². The highest BCUT2D eigenvalue weighted by Gasteiger charge is 2.36. The minimum atomic E-state index is -0.381. The summed E-state index contributed by atoms with van der Waals surface area (Å²) in [5, 5.41) is 3.41. The van der Waals surface area contributed by atoms with Crippen molar-refractivity contribution in [2.45, 2.75) is 32.5 Å². The maximum Gasteiger partial charge on any atom is 0.244 e. The molecule has 146 valence electrons. The molecule has 4 rings (SSSR count). The average molecular weight is 377 g/mol. The molecule has 4 N–H and O–H groups in total. The third-order valence-electron chi connectivity index (χ3n) is 5.55. The van der Waals surface area contributed by atoms with E-state index in [0.717, 1.165) is 18.7 Å². The number of benzene rings is 2. The van der Waals surface area contributed by atoms with Crippen LogP contribution in [0.4, 0.5) is 5.69 Å². The number of anilines is 1. The summed E-state index contributed by atoms with van der Waals surface area (Å²) in [6, 6.07) is 16.2. The van der Waals surface area contributed by atoms with Crippen molar-refractivity contribution in [3.8, 4) is 0 Å². The minimum Gasteiger partial charge on any atom is -0.367 e. The summed E-state index contributed by atoms with van der Waals surface area (Å²) in [5.41, 5.74) is 15.1. The number of hydrazine groups is 2. The first kappa shape index (κ1) is 18.7. The molecule has 1 amide bonds. The van der Waals surface area contributed by atoms with E-state index < -0.39 is 0 Å². The highest BCUT2D eigenvalue weighted by atomic mass is 16.2. The Morgan fingerprint density at radius 2 is 1.89 bits per heavy atom. The number of rotatable bonds is 4. The molecule has 6 nitrogen and oxygen atoms in total. The topological polar surface area (TPSA) is 68.4 Å². The van der Waals surface area contributed by atoms with Crippen LogP contribution in [-0.4, -0.2) is 36.1 Å². The van der Waals surface area contributed by atoms with E-state index in [9.17, 15) is 4.79 Å². The van der Waals surface area contributed by atoms with Gasteiger partial charge in [-0.2, -0.15) is 5.53 Å². The molecule has 0 aromatic heterocycles. The number of nitrogens with zero attached hydrogens (tertiary/aromatic N) is 1. The molecule has 6 heteroatoms. The van der Waals surface area contributed by atoms with Crippen LogP contribution in [0.5, 0.6) is 0 Å². The van der Waals surface area contributed by atoms with Gasteiger partial charge < -0.3 is 10.2 Å². The van der Waals surface area contributed by atoms with Crippen LogP contribution in [0, 0.1) is 13.8 Å². The zero-order chi connectivity index (χ0) is 19.5. The second-order valence-corrected chi connectivity index (χ2v) is 7.44. The largest absolute Gasteiger partial charge is 0.367 e. The summed E-state index contributed by atoms with van der Waals surface area (Å²) in [7, 11) is 0. The fraction of sp³-hybridized carbons (Fsp3) is 0.318. The van der Waals surface area contributed by atoms with E-state index >= 15 is 0 Å². The second kappa shape index (κ2) is 8.14. The Morgan fingerprint density at radius 1 is 1.07 bits per heavy atom. The van der Waals surface area contributed by atoms with E-state index in [-0.39, 0.29) is 18.1 Å². The van der Waals surface area contributed by atoms with Crippen LogP contribution in [-0.2, 0) is 4.79 Å². The quantitative estimate of drug-likeness (QED) is 0.659. The first-order valence-corrected chi connectivity index (χ1v) is 9.75. The average Bonchev–Trinajstić information content (AvgIpc) is 3.19. The lowest BCUT2D eigenvalue weighted by molar-refractivity contribution is -0.132. The molecule has 2 aliphatic heterocycles. The Labute approximate surface area is 165 Å². The Bertz CT molecular complexity index is 880. The van der Waals surface area contributed by atoms with E-state index in [4.69, 9.17) is 0 Å². The number of carbonyl (C=O) groups is 1. The normalized spacial score (nSPS) is 22.1. The van der Waals surface area contributed by atoms with Gasteiger partial charge in [0.1, 0.15) is 12.2 Å². The molecule has 1 saturated heterocycles. The van der Waals surface area contributed by atoms with Crippen LogP contribution in [0.2, 0.25) is 0 Å². The first-order valence-electron chi connectivity index (χ1n) is 9.75. The molecule has 2 unspecified atom stereocenters. The number of amides is 1. The minimum absolute atomic E-state index is 0.0854. The molecular formula is C22H27N5O. The van der Waals surface area contributed by atoms with E-state index in [0.29, 0.717) is 6.54 Å².